The summed E-state index contributed by atoms with van der Waals surface area (Å²) in [5, 5.41) is 33.9. The molecular weight excluding hydrogens is 280 g/mol. The van der Waals surface area contributed by atoms with Crippen LogP contribution in [0.25, 0.3) is 10.8 Å². The van der Waals surface area contributed by atoms with E-state index in [9.17, 15) is 0 Å². The van der Waals surface area contributed by atoms with Gasteiger partial charge in [-0.25, -0.2) is 0 Å². The summed E-state index contributed by atoms with van der Waals surface area (Å²) in [5.74, 6) is 0. The van der Waals surface area contributed by atoms with Gasteiger partial charge in [-0.05, 0) is 16.8 Å². The van der Waals surface area contributed by atoms with E-state index in [2.05, 4.69) is 53.5 Å². The summed E-state index contributed by atoms with van der Waals surface area (Å²) in [6, 6.07) is 20.0. The van der Waals surface area contributed by atoms with Crippen LogP contribution in [-0.4, -0.2) is 39.9 Å². The number of aromatic nitrogens is 1. The second-order valence-corrected chi connectivity index (χ2v) is 4.15. The van der Waals surface area contributed by atoms with Crippen molar-refractivity contribution in [2.24, 2.45) is 0 Å². The largest absolute Gasteiger partial charge is 0.490 e. The van der Waals surface area contributed by atoms with Gasteiger partial charge in [0, 0.05) is 17.9 Å². The van der Waals surface area contributed by atoms with Crippen molar-refractivity contribution >= 4 is 31.0 Å². The molecule has 0 atom stereocenters. The van der Waals surface area contributed by atoms with Crippen LogP contribution in [-0.2, 0) is 0 Å². The number of fused-ring (bicyclic) bond motifs is 1. The third-order valence-corrected chi connectivity index (χ3v) is 2.64. The molecule has 5 nitrogen and oxygen atoms in total. The van der Waals surface area contributed by atoms with E-state index >= 15 is 0 Å². The lowest BCUT2D eigenvalue weighted by Crippen LogP contribution is -2.29. The molecule has 0 aliphatic heterocycles. The average molecular weight is 297 g/mol. The molecule has 0 fully saturated rings. The van der Waals surface area contributed by atoms with Crippen molar-refractivity contribution < 1.29 is 20.1 Å². The molecule has 3 rings (SSSR count). The van der Waals surface area contributed by atoms with Gasteiger partial charge in [0.2, 0.25) is 0 Å². The first-order valence-corrected chi connectivity index (χ1v) is 6.60. The predicted molar refractivity (Wildman–Crippen MR) is 89.6 cm³/mol. The molecule has 0 amide bonds. The molecule has 1 aromatic heterocycles. The highest BCUT2D eigenvalue weighted by atomic mass is 16.4. The Morgan fingerprint density at radius 2 is 1.23 bits per heavy atom. The van der Waals surface area contributed by atoms with Gasteiger partial charge < -0.3 is 20.1 Å². The van der Waals surface area contributed by atoms with Gasteiger partial charge in [0.15, 0.2) is 0 Å². The molecule has 0 radical (unpaired) electrons. The third-order valence-electron chi connectivity index (χ3n) is 2.64. The van der Waals surface area contributed by atoms with Crippen molar-refractivity contribution in [3.8, 4) is 0 Å². The first-order valence-electron chi connectivity index (χ1n) is 6.60. The maximum absolute atomic E-state index is 8.54. The van der Waals surface area contributed by atoms with E-state index in [-0.39, 0.29) is 0 Å². The summed E-state index contributed by atoms with van der Waals surface area (Å²) in [6.07, 6.45) is 2.98. The van der Waals surface area contributed by atoms with Gasteiger partial charge in [-0.2, -0.15) is 0 Å². The molecule has 1 heterocycles. The molecule has 112 valence electrons. The number of pyridine rings is 1. The highest BCUT2D eigenvalue weighted by Gasteiger charge is 2.08. The van der Waals surface area contributed by atoms with Crippen LogP contribution < -0.4 is 5.46 Å². The molecule has 0 saturated carbocycles. The van der Waals surface area contributed by atoms with E-state index in [1.807, 2.05) is 0 Å². The Morgan fingerprint density at radius 1 is 0.773 bits per heavy atom. The lowest BCUT2D eigenvalue weighted by molar-refractivity contribution is 0.425. The lowest BCUT2D eigenvalue weighted by Gasteiger charge is -1.93. The Balaban J connectivity index is 0.000000189. The molecule has 0 aliphatic rings. The SMILES string of the molecule is OB(O)c1cccnc1.OBO.c1ccc2ccccc2c1. The van der Waals surface area contributed by atoms with Gasteiger partial charge in [0.25, 0.3) is 0 Å². The molecule has 0 aliphatic carbocycles. The molecule has 7 heteroatoms. The molecule has 22 heavy (non-hydrogen) atoms. The number of hydrogen-bond donors (Lipinski definition) is 4. The van der Waals surface area contributed by atoms with Crippen LogP contribution in [0.1, 0.15) is 0 Å². The van der Waals surface area contributed by atoms with Crippen LogP contribution in [0.15, 0.2) is 73.1 Å². The summed E-state index contributed by atoms with van der Waals surface area (Å²) in [5.41, 5.74) is 0.414. The molecule has 0 saturated heterocycles. The van der Waals surface area contributed by atoms with Crippen molar-refractivity contribution in [1.82, 2.24) is 4.98 Å². The smallest absolute Gasteiger partial charge is 0.430 e. The maximum Gasteiger partial charge on any atom is 0.490 e. The quantitative estimate of drug-likeness (QED) is 0.468. The second-order valence-electron chi connectivity index (χ2n) is 4.15. The number of hydrogen-bond acceptors (Lipinski definition) is 5. The topological polar surface area (TPSA) is 93.8 Å². The minimum Gasteiger partial charge on any atom is -0.430 e. The monoisotopic (exact) mass is 297 g/mol. The van der Waals surface area contributed by atoms with Gasteiger partial charge in [-0.1, -0.05) is 54.6 Å². The Kier molecular flexibility index (Phi) is 8.56. The van der Waals surface area contributed by atoms with E-state index in [1.54, 1.807) is 18.3 Å². The highest BCUT2D eigenvalue weighted by Crippen LogP contribution is 2.11. The van der Waals surface area contributed by atoms with Crippen molar-refractivity contribution in [2.45, 2.75) is 0 Å². The van der Waals surface area contributed by atoms with Crippen LogP contribution in [0.3, 0.4) is 0 Å². The minimum absolute atomic E-state index is 0.414. The Bertz CT molecular complexity index is 588. The summed E-state index contributed by atoms with van der Waals surface area (Å²) >= 11 is 0. The van der Waals surface area contributed by atoms with Gasteiger partial charge in [0.05, 0.1) is 0 Å². The van der Waals surface area contributed by atoms with Crippen molar-refractivity contribution in [3.05, 3.63) is 73.1 Å². The first-order chi connectivity index (χ1) is 10.7. The molecule has 0 spiro atoms. The van der Waals surface area contributed by atoms with E-state index in [1.165, 1.54) is 17.0 Å². The Morgan fingerprint density at radius 3 is 1.50 bits per heavy atom. The summed E-state index contributed by atoms with van der Waals surface area (Å²) in [6.45, 7) is 0. The lowest BCUT2D eigenvalue weighted by atomic mass is 9.82. The zero-order valence-electron chi connectivity index (χ0n) is 11.9. The third kappa shape index (κ3) is 6.51. The van der Waals surface area contributed by atoms with Crippen LogP contribution in [0.2, 0.25) is 0 Å². The molecule has 2 aromatic carbocycles. The van der Waals surface area contributed by atoms with Crippen LogP contribution >= 0.6 is 0 Å². The van der Waals surface area contributed by atoms with Crippen LogP contribution in [0.4, 0.5) is 0 Å². The number of rotatable bonds is 1. The normalized spacial score (nSPS) is 8.91. The molecule has 0 unspecified atom stereocenters. The van der Waals surface area contributed by atoms with Gasteiger partial charge in [-0.15, -0.1) is 0 Å². The van der Waals surface area contributed by atoms with Crippen LogP contribution in [0, 0.1) is 0 Å². The standard InChI is InChI=1S/C10H8.C5H6BNO2.BH3O2/c1-2-6-10-8-4-3-7-9(10)5-1;8-6(9)5-2-1-3-7-4-5;2-1-3/h1-8H;1-4,8-9H;1-3H. The van der Waals surface area contributed by atoms with Crippen LogP contribution in [0.5, 0.6) is 0 Å². The average Bonchev–Trinajstić information content (AvgIpc) is 2.57. The van der Waals surface area contributed by atoms with Crippen molar-refractivity contribution in [3.63, 3.8) is 0 Å². The number of benzene rings is 2. The fraction of sp³-hybridized carbons (Fsp3) is 0. The zero-order valence-corrected chi connectivity index (χ0v) is 11.9. The Hall–Kier alpha value is -2.18. The van der Waals surface area contributed by atoms with Gasteiger partial charge in [-0.3, -0.25) is 4.98 Å². The maximum atomic E-state index is 8.54. The zero-order chi connectivity index (χ0) is 16.2. The van der Waals surface area contributed by atoms with E-state index in [0.717, 1.165) is 0 Å². The fourth-order valence-electron chi connectivity index (χ4n) is 1.66. The predicted octanol–water partition coefficient (Wildman–Crippen LogP) is -0.161. The molecular formula is C15H17B2NO4. The molecule has 0 bridgehead atoms. The number of nitrogens with zero attached hydrogens (tertiary/aromatic N) is 1. The van der Waals surface area contributed by atoms with E-state index in [0.29, 0.717) is 5.46 Å². The van der Waals surface area contributed by atoms with Crippen molar-refractivity contribution in [1.29, 1.82) is 0 Å². The second kappa shape index (κ2) is 10.5. The minimum atomic E-state index is -1.40. The van der Waals surface area contributed by atoms with E-state index < -0.39 is 14.8 Å². The van der Waals surface area contributed by atoms with Gasteiger partial charge in [0.1, 0.15) is 0 Å². The fourth-order valence-corrected chi connectivity index (χ4v) is 1.66. The Labute approximate surface area is 130 Å². The summed E-state index contributed by atoms with van der Waals surface area (Å²) < 4.78 is 0. The van der Waals surface area contributed by atoms with Gasteiger partial charge >= 0.3 is 14.8 Å². The summed E-state index contributed by atoms with van der Waals surface area (Å²) in [7, 11) is -2.15. The molecule has 4 N–H and O–H groups in total. The summed E-state index contributed by atoms with van der Waals surface area (Å²) in [4.78, 5) is 3.69. The highest BCUT2D eigenvalue weighted by molar-refractivity contribution is 6.58. The van der Waals surface area contributed by atoms with E-state index in [4.69, 9.17) is 20.1 Å². The molecule has 3 aromatic rings. The van der Waals surface area contributed by atoms with Crippen molar-refractivity contribution in [2.75, 3.05) is 0 Å². The first kappa shape index (κ1) is 17.9.